The van der Waals surface area contributed by atoms with Crippen molar-refractivity contribution in [3.8, 4) is 0 Å². The number of sulfonamides is 1. The van der Waals surface area contributed by atoms with Crippen LogP contribution in [0.3, 0.4) is 0 Å². The van der Waals surface area contributed by atoms with Gasteiger partial charge in [0.15, 0.2) is 0 Å². The zero-order valence-electron chi connectivity index (χ0n) is 13.9. The van der Waals surface area contributed by atoms with Crippen molar-refractivity contribution < 1.29 is 26.0 Å². The second kappa shape index (κ2) is 8.14. The molecule has 2 aromatic carbocycles. The van der Waals surface area contributed by atoms with Crippen molar-refractivity contribution in [3.63, 3.8) is 0 Å². The molecular formula is C17H17ClF4N2O2S. The van der Waals surface area contributed by atoms with E-state index >= 15 is 0 Å². The van der Waals surface area contributed by atoms with Crippen molar-refractivity contribution in [3.05, 3.63) is 65.0 Å². The first-order chi connectivity index (χ1) is 12.2. The maximum atomic E-state index is 13.2. The lowest BCUT2D eigenvalue weighted by molar-refractivity contribution is -0.140. The molecule has 1 unspecified atom stereocenters. The van der Waals surface area contributed by atoms with Gasteiger partial charge in [-0.15, -0.1) is 12.4 Å². The molecule has 4 nitrogen and oxygen atoms in total. The Hall–Kier alpha value is -1.68. The minimum absolute atomic E-state index is 0. The second-order valence-corrected chi connectivity index (χ2v) is 7.68. The van der Waals surface area contributed by atoms with Gasteiger partial charge in [0.25, 0.3) is 0 Å². The standard InChI is InChI=1S/C17H16F4N2O2S.ClH/c18-12-5-6-16(14(9-12)17(19,20)21)26(24,25)23-10-15-13-4-2-1-3-11(13)7-8-22-15;/h1-6,9,15,22-23H,7-8,10H2;1H. The number of hydrogen-bond donors (Lipinski definition) is 2. The normalized spacial score (nSPS) is 17.1. The van der Waals surface area contributed by atoms with Crippen LogP contribution < -0.4 is 10.0 Å². The van der Waals surface area contributed by atoms with Crippen molar-refractivity contribution in [2.24, 2.45) is 0 Å². The summed E-state index contributed by atoms with van der Waals surface area (Å²) in [7, 11) is -4.47. The Labute approximate surface area is 160 Å². The Kier molecular flexibility index (Phi) is 6.51. The summed E-state index contributed by atoms with van der Waals surface area (Å²) in [5.41, 5.74) is 0.437. The third-order valence-corrected chi connectivity index (χ3v) is 5.71. The van der Waals surface area contributed by atoms with Gasteiger partial charge in [-0.3, -0.25) is 0 Å². The molecule has 0 aromatic heterocycles. The summed E-state index contributed by atoms with van der Waals surface area (Å²) >= 11 is 0. The molecule has 0 aliphatic carbocycles. The molecule has 10 heteroatoms. The highest BCUT2D eigenvalue weighted by Crippen LogP contribution is 2.34. The van der Waals surface area contributed by atoms with Crippen molar-refractivity contribution >= 4 is 22.4 Å². The first kappa shape index (κ1) is 21.6. The van der Waals surface area contributed by atoms with Crippen LogP contribution in [0.25, 0.3) is 0 Å². The summed E-state index contributed by atoms with van der Waals surface area (Å²) in [5.74, 6) is -1.15. The van der Waals surface area contributed by atoms with E-state index in [0.29, 0.717) is 18.7 Å². The molecule has 1 atom stereocenters. The van der Waals surface area contributed by atoms with Gasteiger partial charge in [0.2, 0.25) is 10.0 Å². The predicted molar refractivity (Wildman–Crippen MR) is 94.7 cm³/mol. The van der Waals surface area contributed by atoms with E-state index in [2.05, 4.69) is 10.0 Å². The molecule has 1 heterocycles. The summed E-state index contributed by atoms with van der Waals surface area (Å²) < 4.78 is 79.4. The third-order valence-electron chi connectivity index (χ3n) is 4.23. The van der Waals surface area contributed by atoms with E-state index in [4.69, 9.17) is 0 Å². The Balaban J connectivity index is 0.00000261. The van der Waals surface area contributed by atoms with Crippen molar-refractivity contribution in [1.29, 1.82) is 0 Å². The molecule has 0 fully saturated rings. The molecule has 2 aromatic rings. The average molecular weight is 425 g/mol. The smallest absolute Gasteiger partial charge is 0.308 e. The molecule has 27 heavy (non-hydrogen) atoms. The van der Waals surface area contributed by atoms with E-state index in [-0.39, 0.29) is 31.1 Å². The highest BCUT2D eigenvalue weighted by atomic mass is 35.5. The Morgan fingerprint density at radius 2 is 1.85 bits per heavy atom. The topological polar surface area (TPSA) is 58.2 Å². The van der Waals surface area contributed by atoms with Gasteiger partial charge in [0, 0.05) is 12.6 Å². The molecule has 0 bridgehead atoms. The van der Waals surface area contributed by atoms with E-state index in [9.17, 15) is 26.0 Å². The van der Waals surface area contributed by atoms with Crippen LogP contribution in [0.4, 0.5) is 17.6 Å². The largest absolute Gasteiger partial charge is 0.417 e. The van der Waals surface area contributed by atoms with Gasteiger partial charge in [-0.2, -0.15) is 13.2 Å². The lowest BCUT2D eigenvalue weighted by atomic mass is 9.95. The molecule has 3 rings (SSSR count). The van der Waals surface area contributed by atoms with E-state index in [1.165, 1.54) is 0 Å². The molecule has 2 N–H and O–H groups in total. The van der Waals surface area contributed by atoms with Gasteiger partial charge >= 0.3 is 6.18 Å². The van der Waals surface area contributed by atoms with E-state index in [1.807, 2.05) is 24.3 Å². The van der Waals surface area contributed by atoms with Gasteiger partial charge < -0.3 is 5.32 Å². The van der Waals surface area contributed by atoms with Crippen LogP contribution in [0, 0.1) is 5.82 Å². The van der Waals surface area contributed by atoms with Crippen LogP contribution in [0.1, 0.15) is 22.7 Å². The number of fused-ring (bicyclic) bond motifs is 1. The predicted octanol–water partition coefficient (Wildman–Crippen LogP) is 3.43. The highest BCUT2D eigenvalue weighted by Gasteiger charge is 2.37. The first-order valence-corrected chi connectivity index (χ1v) is 9.34. The van der Waals surface area contributed by atoms with Crippen molar-refractivity contribution in [1.82, 2.24) is 10.0 Å². The summed E-state index contributed by atoms with van der Waals surface area (Å²) in [6.45, 7) is 0.516. The SMILES string of the molecule is Cl.O=S(=O)(NCC1NCCc2ccccc21)c1ccc(F)cc1C(F)(F)F. The van der Waals surface area contributed by atoms with Crippen LogP contribution in [-0.4, -0.2) is 21.5 Å². The van der Waals surface area contributed by atoms with Crippen LogP contribution in [-0.2, 0) is 22.6 Å². The van der Waals surface area contributed by atoms with Crippen LogP contribution in [0.15, 0.2) is 47.4 Å². The number of benzene rings is 2. The summed E-state index contributed by atoms with van der Waals surface area (Å²) in [6, 6.07) is 8.61. The molecule has 1 aliphatic heterocycles. The van der Waals surface area contributed by atoms with Crippen molar-refractivity contribution in [2.45, 2.75) is 23.5 Å². The van der Waals surface area contributed by atoms with Gasteiger partial charge in [0.05, 0.1) is 10.5 Å². The lowest BCUT2D eigenvalue weighted by Gasteiger charge is -2.27. The fourth-order valence-corrected chi connectivity index (χ4v) is 4.26. The molecule has 148 valence electrons. The van der Waals surface area contributed by atoms with E-state index in [0.717, 1.165) is 17.5 Å². The van der Waals surface area contributed by atoms with Gasteiger partial charge in [-0.25, -0.2) is 17.5 Å². The molecule has 0 radical (unpaired) electrons. The van der Waals surface area contributed by atoms with Gasteiger partial charge in [0.1, 0.15) is 5.82 Å². The number of nitrogens with one attached hydrogen (secondary N) is 2. The maximum Gasteiger partial charge on any atom is 0.417 e. The number of rotatable bonds is 4. The molecule has 0 spiro atoms. The maximum absolute atomic E-state index is 13.2. The molecular weight excluding hydrogens is 408 g/mol. The van der Waals surface area contributed by atoms with E-state index in [1.54, 1.807) is 0 Å². The van der Waals surface area contributed by atoms with Gasteiger partial charge in [-0.1, -0.05) is 24.3 Å². The minimum Gasteiger partial charge on any atom is -0.308 e. The summed E-state index contributed by atoms with van der Waals surface area (Å²) in [5, 5.41) is 3.14. The fourth-order valence-electron chi connectivity index (χ4n) is 3.00. The number of halogens is 5. The molecule has 0 saturated carbocycles. The average Bonchev–Trinajstić information content (AvgIpc) is 2.59. The summed E-state index contributed by atoms with van der Waals surface area (Å²) in [6.07, 6.45) is -4.20. The molecule has 0 amide bonds. The fraction of sp³-hybridized carbons (Fsp3) is 0.294. The zero-order valence-corrected chi connectivity index (χ0v) is 15.5. The number of hydrogen-bond acceptors (Lipinski definition) is 3. The quantitative estimate of drug-likeness (QED) is 0.739. The van der Waals surface area contributed by atoms with Crippen LogP contribution >= 0.6 is 12.4 Å². The van der Waals surface area contributed by atoms with Crippen molar-refractivity contribution in [2.75, 3.05) is 13.1 Å². The van der Waals surface area contributed by atoms with Crippen LogP contribution in [0.5, 0.6) is 0 Å². The number of alkyl halides is 3. The Bertz CT molecular complexity index is 919. The minimum atomic E-state index is -4.98. The molecule has 1 aliphatic rings. The Morgan fingerprint density at radius 1 is 1.15 bits per heavy atom. The molecule has 0 saturated heterocycles. The van der Waals surface area contributed by atoms with E-state index < -0.39 is 32.5 Å². The monoisotopic (exact) mass is 424 g/mol. The lowest BCUT2D eigenvalue weighted by Crippen LogP contribution is -2.39. The Morgan fingerprint density at radius 3 is 2.56 bits per heavy atom. The van der Waals surface area contributed by atoms with Gasteiger partial charge in [-0.05, 0) is 42.3 Å². The van der Waals surface area contributed by atoms with Crippen LogP contribution in [0.2, 0.25) is 0 Å². The third kappa shape index (κ3) is 4.78. The zero-order chi connectivity index (χ0) is 18.9. The second-order valence-electron chi connectivity index (χ2n) is 5.95. The summed E-state index contributed by atoms with van der Waals surface area (Å²) in [4.78, 5) is -0.990. The first-order valence-electron chi connectivity index (χ1n) is 7.86. The highest BCUT2D eigenvalue weighted by molar-refractivity contribution is 7.89.